The van der Waals surface area contributed by atoms with Gasteiger partial charge in [0.05, 0.1) is 15.9 Å². The van der Waals surface area contributed by atoms with Gasteiger partial charge in [-0.3, -0.25) is 4.98 Å². The first-order valence-corrected chi connectivity index (χ1v) is 8.85. The van der Waals surface area contributed by atoms with Gasteiger partial charge in [0.2, 0.25) is 0 Å². The predicted octanol–water partition coefficient (Wildman–Crippen LogP) is 5.23. The Bertz CT molecular complexity index is 816. The number of para-hydroxylation sites is 1. The number of halogens is 3. The number of aromatic nitrogens is 2. The van der Waals surface area contributed by atoms with Gasteiger partial charge in [0, 0.05) is 17.5 Å². The monoisotopic (exact) mass is 370 g/mol. The molecular weight excluding hydrogens is 357 g/mol. The SMILES string of the molecule is Cc1c(OCC(F)(F)F)ccnc1CSc1nc2ccccc2s1. The zero-order valence-electron chi connectivity index (χ0n) is 12.6. The van der Waals surface area contributed by atoms with Crippen molar-refractivity contribution in [3.8, 4) is 5.75 Å². The van der Waals surface area contributed by atoms with Gasteiger partial charge in [0.15, 0.2) is 10.9 Å². The number of hydrogen-bond donors (Lipinski definition) is 0. The maximum atomic E-state index is 12.3. The van der Waals surface area contributed by atoms with Gasteiger partial charge in [0.25, 0.3) is 0 Å². The van der Waals surface area contributed by atoms with Crippen LogP contribution in [0.1, 0.15) is 11.3 Å². The number of thiazole rings is 1. The molecule has 0 radical (unpaired) electrons. The van der Waals surface area contributed by atoms with Crippen LogP contribution in [0.4, 0.5) is 13.2 Å². The lowest BCUT2D eigenvalue weighted by atomic mass is 10.2. The molecule has 0 atom stereocenters. The Balaban J connectivity index is 1.70. The van der Waals surface area contributed by atoms with Crippen LogP contribution in [0.3, 0.4) is 0 Å². The molecule has 0 fully saturated rings. The van der Waals surface area contributed by atoms with Crippen molar-refractivity contribution in [2.45, 2.75) is 23.2 Å². The van der Waals surface area contributed by atoms with Gasteiger partial charge in [-0.1, -0.05) is 23.9 Å². The quantitative estimate of drug-likeness (QED) is 0.576. The van der Waals surface area contributed by atoms with Crippen molar-refractivity contribution in [1.82, 2.24) is 9.97 Å². The Morgan fingerprint density at radius 3 is 2.75 bits per heavy atom. The molecule has 0 N–H and O–H groups in total. The summed E-state index contributed by atoms with van der Waals surface area (Å²) in [5.74, 6) is 0.733. The Kier molecular flexibility index (Phi) is 4.96. The van der Waals surface area contributed by atoms with Crippen molar-refractivity contribution in [3.63, 3.8) is 0 Å². The van der Waals surface area contributed by atoms with Gasteiger partial charge in [-0.2, -0.15) is 13.2 Å². The number of pyridine rings is 1. The standard InChI is InChI=1S/C16H13F3N2OS2/c1-10-12(20-7-6-13(10)22-9-16(17,18)19)8-23-15-21-11-4-2-3-5-14(11)24-15/h2-7H,8-9H2,1H3. The summed E-state index contributed by atoms with van der Waals surface area (Å²) in [6.07, 6.45) is -2.89. The summed E-state index contributed by atoms with van der Waals surface area (Å²) in [5.41, 5.74) is 2.26. The number of rotatable bonds is 5. The van der Waals surface area contributed by atoms with Gasteiger partial charge in [-0.15, -0.1) is 11.3 Å². The van der Waals surface area contributed by atoms with E-state index in [0.29, 0.717) is 17.0 Å². The summed E-state index contributed by atoms with van der Waals surface area (Å²) < 4.78 is 43.7. The van der Waals surface area contributed by atoms with Gasteiger partial charge in [-0.05, 0) is 25.1 Å². The van der Waals surface area contributed by atoms with E-state index in [1.807, 2.05) is 24.3 Å². The Morgan fingerprint density at radius 2 is 2.00 bits per heavy atom. The number of ether oxygens (including phenoxy) is 1. The molecule has 0 saturated heterocycles. The normalized spacial score (nSPS) is 11.8. The largest absolute Gasteiger partial charge is 0.484 e. The molecule has 3 nitrogen and oxygen atoms in total. The highest BCUT2D eigenvalue weighted by Gasteiger charge is 2.28. The van der Waals surface area contributed by atoms with Gasteiger partial charge >= 0.3 is 6.18 Å². The van der Waals surface area contributed by atoms with Gasteiger partial charge in [0.1, 0.15) is 5.75 Å². The molecule has 8 heteroatoms. The molecule has 0 saturated carbocycles. The van der Waals surface area contributed by atoms with Crippen molar-refractivity contribution < 1.29 is 17.9 Å². The maximum Gasteiger partial charge on any atom is 0.422 e. The molecular formula is C16H13F3N2OS2. The molecule has 24 heavy (non-hydrogen) atoms. The van der Waals surface area contributed by atoms with E-state index >= 15 is 0 Å². The first-order chi connectivity index (χ1) is 11.4. The number of nitrogens with zero attached hydrogens (tertiary/aromatic N) is 2. The van der Waals surface area contributed by atoms with Crippen LogP contribution in [0.5, 0.6) is 5.75 Å². The van der Waals surface area contributed by atoms with Crippen LogP contribution < -0.4 is 4.74 Å². The molecule has 1 aromatic carbocycles. The fourth-order valence-corrected chi connectivity index (χ4v) is 4.16. The van der Waals surface area contributed by atoms with E-state index in [1.165, 1.54) is 24.0 Å². The van der Waals surface area contributed by atoms with E-state index in [4.69, 9.17) is 4.74 Å². The topological polar surface area (TPSA) is 35.0 Å². The van der Waals surface area contributed by atoms with E-state index < -0.39 is 12.8 Å². The third kappa shape index (κ3) is 4.18. The second kappa shape index (κ2) is 6.98. The fraction of sp³-hybridized carbons (Fsp3) is 0.250. The van der Waals surface area contributed by atoms with Crippen molar-refractivity contribution in [3.05, 3.63) is 47.8 Å². The summed E-state index contributed by atoms with van der Waals surface area (Å²) >= 11 is 3.10. The minimum atomic E-state index is -4.36. The van der Waals surface area contributed by atoms with Gasteiger partial charge in [-0.25, -0.2) is 4.98 Å². The number of alkyl halides is 3. The van der Waals surface area contributed by atoms with Crippen LogP contribution in [0.25, 0.3) is 10.2 Å². The van der Waals surface area contributed by atoms with E-state index in [9.17, 15) is 13.2 Å². The number of fused-ring (bicyclic) bond motifs is 1. The first-order valence-electron chi connectivity index (χ1n) is 7.05. The summed E-state index contributed by atoms with van der Waals surface area (Å²) in [6.45, 7) is 0.412. The number of benzene rings is 1. The van der Waals surface area contributed by atoms with Crippen LogP contribution in [0.2, 0.25) is 0 Å². The summed E-state index contributed by atoms with van der Waals surface area (Å²) in [5, 5.41) is 0. The lowest BCUT2D eigenvalue weighted by molar-refractivity contribution is -0.153. The maximum absolute atomic E-state index is 12.3. The van der Waals surface area contributed by atoms with Crippen LogP contribution in [-0.2, 0) is 5.75 Å². The van der Waals surface area contributed by atoms with Crippen molar-refractivity contribution >= 4 is 33.3 Å². The zero-order chi connectivity index (χ0) is 17.2. The predicted molar refractivity (Wildman–Crippen MR) is 89.7 cm³/mol. The second-order valence-corrected chi connectivity index (χ2v) is 7.27. The molecule has 0 bridgehead atoms. The van der Waals surface area contributed by atoms with Crippen LogP contribution >= 0.6 is 23.1 Å². The Morgan fingerprint density at radius 1 is 1.21 bits per heavy atom. The third-order valence-corrected chi connectivity index (χ3v) is 5.45. The third-order valence-electron chi connectivity index (χ3n) is 3.26. The summed E-state index contributed by atoms with van der Waals surface area (Å²) in [7, 11) is 0. The Labute approximate surface area is 144 Å². The second-order valence-electron chi connectivity index (χ2n) is 5.02. The lowest BCUT2D eigenvalue weighted by Crippen LogP contribution is -2.19. The highest BCUT2D eigenvalue weighted by molar-refractivity contribution is 8.00. The molecule has 0 aliphatic carbocycles. The molecule has 0 unspecified atom stereocenters. The average molecular weight is 370 g/mol. The fourth-order valence-electron chi connectivity index (χ4n) is 2.06. The van der Waals surface area contributed by atoms with Crippen molar-refractivity contribution in [2.75, 3.05) is 6.61 Å². The average Bonchev–Trinajstić information content (AvgIpc) is 2.95. The van der Waals surface area contributed by atoms with Crippen molar-refractivity contribution in [1.29, 1.82) is 0 Å². The van der Waals surface area contributed by atoms with Crippen LogP contribution in [0, 0.1) is 6.92 Å². The molecule has 3 rings (SSSR count). The summed E-state index contributed by atoms with van der Waals surface area (Å²) in [4.78, 5) is 8.77. The van der Waals surface area contributed by atoms with Crippen LogP contribution in [0.15, 0.2) is 40.9 Å². The molecule has 0 aliphatic heterocycles. The highest BCUT2D eigenvalue weighted by atomic mass is 32.2. The van der Waals surface area contributed by atoms with E-state index in [1.54, 1.807) is 18.3 Å². The number of thioether (sulfide) groups is 1. The number of hydrogen-bond acceptors (Lipinski definition) is 5. The molecule has 2 heterocycles. The minimum absolute atomic E-state index is 0.210. The van der Waals surface area contributed by atoms with E-state index in [2.05, 4.69) is 9.97 Å². The molecule has 3 aromatic rings. The van der Waals surface area contributed by atoms with Crippen LogP contribution in [-0.4, -0.2) is 22.8 Å². The molecule has 126 valence electrons. The van der Waals surface area contributed by atoms with Crippen molar-refractivity contribution in [2.24, 2.45) is 0 Å². The lowest BCUT2D eigenvalue weighted by Gasteiger charge is -2.13. The minimum Gasteiger partial charge on any atom is -0.484 e. The first kappa shape index (κ1) is 17.0. The smallest absolute Gasteiger partial charge is 0.422 e. The van der Waals surface area contributed by atoms with E-state index in [-0.39, 0.29) is 5.75 Å². The highest BCUT2D eigenvalue weighted by Crippen LogP contribution is 2.32. The zero-order valence-corrected chi connectivity index (χ0v) is 14.3. The molecule has 0 aliphatic rings. The molecule has 0 amide bonds. The Hall–Kier alpha value is -1.80. The van der Waals surface area contributed by atoms with E-state index in [0.717, 1.165) is 14.6 Å². The van der Waals surface area contributed by atoms with Gasteiger partial charge < -0.3 is 4.74 Å². The molecule has 0 spiro atoms. The summed E-state index contributed by atoms with van der Waals surface area (Å²) in [6, 6.07) is 9.30. The molecule has 2 aromatic heterocycles.